The molecule has 2 rings (SSSR count). The Morgan fingerprint density at radius 2 is 1.89 bits per heavy atom. The quantitative estimate of drug-likeness (QED) is 0.505. The summed E-state index contributed by atoms with van der Waals surface area (Å²) < 4.78 is 28.2. The van der Waals surface area contributed by atoms with Crippen LogP contribution in [-0.4, -0.2) is 0 Å². The Bertz CT molecular complexity index is 420. The van der Waals surface area contributed by atoms with Gasteiger partial charge in [-0.15, -0.1) is 0 Å². The van der Waals surface area contributed by atoms with E-state index >= 15 is 0 Å². The van der Waals surface area contributed by atoms with E-state index in [0.717, 1.165) is 25.7 Å². The largest absolute Gasteiger partial charge is 0.271 e. The first kappa shape index (κ1) is 13.9. The van der Waals surface area contributed by atoms with E-state index in [1.807, 2.05) is 0 Å². The van der Waals surface area contributed by atoms with Crippen molar-refractivity contribution in [3.05, 3.63) is 33.8 Å². The summed E-state index contributed by atoms with van der Waals surface area (Å²) in [6.07, 6.45) is 5.30. The standard InChI is InChI=1S/C13H17BrF2N2/c14-9-6-7-10(15)11(12(9)16)13(18-17)8-4-2-1-3-5-8/h6-8,13,18H,1-5,17H2. The van der Waals surface area contributed by atoms with Gasteiger partial charge in [0.15, 0.2) is 0 Å². The van der Waals surface area contributed by atoms with Crippen molar-refractivity contribution in [3.63, 3.8) is 0 Å². The summed E-state index contributed by atoms with van der Waals surface area (Å²) >= 11 is 3.09. The van der Waals surface area contributed by atoms with Crippen molar-refractivity contribution in [3.8, 4) is 0 Å². The summed E-state index contributed by atoms with van der Waals surface area (Å²) in [7, 11) is 0. The molecule has 1 saturated carbocycles. The first-order valence-corrected chi connectivity index (χ1v) is 7.04. The maximum Gasteiger partial charge on any atom is 0.145 e. The number of halogens is 3. The fourth-order valence-corrected chi connectivity index (χ4v) is 3.10. The maximum absolute atomic E-state index is 14.1. The van der Waals surface area contributed by atoms with Gasteiger partial charge in [-0.1, -0.05) is 19.3 Å². The fraction of sp³-hybridized carbons (Fsp3) is 0.538. The summed E-state index contributed by atoms with van der Waals surface area (Å²) in [5, 5.41) is 0. The van der Waals surface area contributed by atoms with Crippen LogP contribution in [-0.2, 0) is 0 Å². The Labute approximate surface area is 114 Å². The van der Waals surface area contributed by atoms with Gasteiger partial charge in [-0.25, -0.2) is 8.78 Å². The lowest BCUT2D eigenvalue weighted by Gasteiger charge is -2.30. The lowest BCUT2D eigenvalue weighted by molar-refractivity contribution is 0.263. The van der Waals surface area contributed by atoms with Crippen LogP contribution in [0.15, 0.2) is 16.6 Å². The topological polar surface area (TPSA) is 38.0 Å². The van der Waals surface area contributed by atoms with Gasteiger partial charge in [0, 0.05) is 5.56 Å². The van der Waals surface area contributed by atoms with Gasteiger partial charge in [-0.3, -0.25) is 11.3 Å². The SMILES string of the molecule is NNC(c1c(F)ccc(Br)c1F)C1CCCCC1. The molecule has 18 heavy (non-hydrogen) atoms. The van der Waals surface area contributed by atoms with Crippen LogP contribution in [0.25, 0.3) is 0 Å². The predicted octanol–water partition coefficient (Wildman–Crippen LogP) is 3.81. The van der Waals surface area contributed by atoms with E-state index in [0.29, 0.717) is 0 Å². The number of benzene rings is 1. The number of hydrogen-bond acceptors (Lipinski definition) is 2. The zero-order valence-electron chi connectivity index (χ0n) is 10.1. The molecule has 0 aromatic heterocycles. The van der Waals surface area contributed by atoms with Gasteiger partial charge in [-0.2, -0.15) is 0 Å². The molecular weight excluding hydrogens is 302 g/mol. The minimum absolute atomic E-state index is 0.0544. The summed E-state index contributed by atoms with van der Waals surface area (Å²) in [6.45, 7) is 0. The molecule has 100 valence electrons. The number of nitrogens with two attached hydrogens (primary N) is 1. The first-order chi connectivity index (χ1) is 8.65. The second-order valence-electron chi connectivity index (χ2n) is 4.80. The van der Waals surface area contributed by atoms with Crippen molar-refractivity contribution in [1.29, 1.82) is 0 Å². The highest BCUT2D eigenvalue weighted by atomic mass is 79.9. The molecule has 0 saturated heterocycles. The van der Waals surface area contributed by atoms with Gasteiger partial charge >= 0.3 is 0 Å². The van der Waals surface area contributed by atoms with Gasteiger partial charge in [0.2, 0.25) is 0 Å². The molecule has 0 amide bonds. The molecule has 0 spiro atoms. The monoisotopic (exact) mass is 318 g/mol. The minimum atomic E-state index is -0.552. The second kappa shape index (κ2) is 6.08. The Balaban J connectivity index is 2.34. The Kier molecular flexibility index (Phi) is 4.70. The summed E-state index contributed by atoms with van der Waals surface area (Å²) in [5.41, 5.74) is 2.65. The highest BCUT2D eigenvalue weighted by Crippen LogP contribution is 2.37. The summed E-state index contributed by atoms with van der Waals surface area (Å²) in [5.74, 6) is 4.63. The van der Waals surface area contributed by atoms with Gasteiger partial charge in [-0.05, 0) is 46.8 Å². The average molecular weight is 319 g/mol. The van der Waals surface area contributed by atoms with Crippen molar-refractivity contribution >= 4 is 15.9 Å². The molecule has 0 heterocycles. The van der Waals surface area contributed by atoms with Crippen LogP contribution in [0.1, 0.15) is 43.7 Å². The smallest absolute Gasteiger partial charge is 0.145 e. The molecule has 0 bridgehead atoms. The van der Waals surface area contributed by atoms with Crippen LogP contribution in [0.4, 0.5) is 8.78 Å². The van der Waals surface area contributed by atoms with Gasteiger partial charge in [0.05, 0.1) is 10.5 Å². The average Bonchev–Trinajstić information content (AvgIpc) is 2.40. The van der Waals surface area contributed by atoms with Crippen molar-refractivity contribution in [2.75, 3.05) is 0 Å². The van der Waals surface area contributed by atoms with Crippen LogP contribution < -0.4 is 11.3 Å². The van der Waals surface area contributed by atoms with Gasteiger partial charge < -0.3 is 0 Å². The summed E-state index contributed by atoms with van der Waals surface area (Å²) in [4.78, 5) is 0. The highest BCUT2D eigenvalue weighted by Gasteiger charge is 2.29. The molecule has 1 aliphatic carbocycles. The molecule has 1 aromatic carbocycles. The maximum atomic E-state index is 14.1. The van der Waals surface area contributed by atoms with E-state index in [4.69, 9.17) is 5.84 Å². The molecule has 1 aliphatic rings. The van der Waals surface area contributed by atoms with E-state index in [2.05, 4.69) is 21.4 Å². The molecule has 0 radical (unpaired) electrons. The normalized spacial score (nSPS) is 18.9. The van der Waals surface area contributed by atoms with Gasteiger partial charge in [0.25, 0.3) is 0 Å². The van der Waals surface area contributed by atoms with E-state index in [1.165, 1.54) is 18.6 Å². The van der Waals surface area contributed by atoms with Crippen LogP contribution in [0.5, 0.6) is 0 Å². The van der Waals surface area contributed by atoms with Gasteiger partial charge in [0.1, 0.15) is 11.6 Å². The molecular formula is C13H17BrF2N2. The van der Waals surface area contributed by atoms with Crippen LogP contribution in [0.2, 0.25) is 0 Å². The highest BCUT2D eigenvalue weighted by molar-refractivity contribution is 9.10. The Hall–Kier alpha value is -0.520. The summed E-state index contributed by atoms with van der Waals surface area (Å²) in [6, 6.07) is 2.20. The van der Waals surface area contributed by atoms with E-state index in [-0.39, 0.29) is 16.0 Å². The molecule has 1 fully saturated rings. The first-order valence-electron chi connectivity index (χ1n) is 6.24. The van der Waals surface area contributed by atoms with E-state index in [9.17, 15) is 8.78 Å². The predicted molar refractivity (Wildman–Crippen MR) is 70.7 cm³/mol. The molecule has 5 heteroatoms. The lowest BCUT2D eigenvalue weighted by Crippen LogP contribution is -2.35. The van der Waals surface area contributed by atoms with Crippen LogP contribution in [0.3, 0.4) is 0 Å². The number of hydrazine groups is 1. The number of rotatable bonds is 3. The molecule has 2 nitrogen and oxygen atoms in total. The Morgan fingerprint density at radius 3 is 2.50 bits per heavy atom. The van der Waals surface area contributed by atoms with Crippen molar-refractivity contribution in [1.82, 2.24) is 5.43 Å². The van der Waals surface area contributed by atoms with Crippen LogP contribution >= 0.6 is 15.9 Å². The fourth-order valence-electron chi connectivity index (χ4n) is 2.75. The van der Waals surface area contributed by atoms with Crippen molar-refractivity contribution in [2.24, 2.45) is 11.8 Å². The third kappa shape index (κ3) is 2.73. The molecule has 0 aliphatic heterocycles. The van der Waals surface area contributed by atoms with E-state index < -0.39 is 17.7 Å². The Morgan fingerprint density at radius 1 is 1.22 bits per heavy atom. The van der Waals surface area contributed by atoms with Crippen molar-refractivity contribution < 1.29 is 8.78 Å². The zero-order chi connectivity index (χ0) is 13.1. The second-order valence-corrected chi connectivity index (χ2v) is 5.65. The minimum Gasteiger partial charge on any atom is -0.271 e. The third-order valence-corrected chi connectivity index (χ3v) is 4.30. The molecule has 1 unspecified atom stereocenters. The van der Waals surface area contributed by atoms with E-state index in [1.54, 1.807) is 0 Å². The molecule has 1 atom stereocenters. The van der Waals surface area contributed by atoms with Crippen molar-refractivity contribution in [2.45, 2.75) is 38.1 Å². The lowest BCUT2D eigenvalue weighted by atomic mass is 9.81. The van der Waals surface area contributed by atoms with Crippen LogP contribution in [0, 0.1) is 17.6 Å². The number of nitrogens with one attached hydrogen (secondary N) is 1. The zero-order valence-corrected chi connectivity index (χ0v) is 11.6. The molecule has 3 N–H and O–H groups in total. The third-order valence-electron chi connectivity index (χ3n) is 3.69. The number of hydrogen-bond donors (Lipinski definition) is 2. The molecule has 1 aromatic rings.